The zero-order chi connectivity index (χ0) is 19.2. The first-order valence-corrected chi connectivity index (χ1v) is 9.48. The molecule has 2 atom stereocenters. The van der Waals surface area contributed by atoms with E-state index in [4.69, 9.17) is 0 Å². The number of carbonyl (C=O) groups excluding carboxylic acids is 2. The average Bonchev–Trinajstić information content (AvgIpc) is 3.34. The molecule has 2 aromatic rings. The molecule has 3 rings (SSSR count). The zero-order valence-electron chi connectivity index (χ0n) is 15.9. The summed E-state index contributed by atoms with van der Waals surface area (Å²) in [4.78, 5) is 36.5. The van der Waals surface area contributed by atoms with E-state index in [1.165, 1.54) is 0 Å². The molecule has 2 N–H and O–H groups in total. The molecule has 0 saturated carbocycles. The van der Waals surface area contributed by atoms with Gasteiger partial charge in [0.05, 0.1) is 6.04 Å². The summed E-state index contributed by atoms with van der Waals surface area (Å²) in [5.74, 6) is -0.0113. The zero-order valence-corrected chi connectivity index (χ0v) is 15.9. The van der Waals surface area contributed by atoms with Crippen molar-refractivity contribution in [3.05, 3.63) is 54.1 Å². The lowest BCUT2D eigenvalue weighted by Crippen LogP contribution is -2.45. The molecule has 0 aliphatic carbocycles. The van der Waals surface area contributed by atoms with Gasteiger partial charge in [-0.1, -0.05) is 6.07 Å². The van der Waals surface area contributed by atoms with Gasteiger partial charge in [-0.25, -0.2) is 0 Å². The number of nitrogens with one attached hydrogen (secondary N) is 2. The molecule has 144 valence electrons. The van der Waals surface area contributed by atoms with E-state index in [9.17, 15) is 9.59 Å². The number of aromatic amines is 1. The van der Waals surface area contributed by atoms with Crippen LogP contribution in [0, 0.1) is 0 Å². The summed E-state index contributed by atoms with van der Waals surface area (Å²) in [5.41, 5.74) is 1.60. The van der Waals surface area contributed by atoms with Crippen molar-refractivity contribution in [1.82, 2.24) is 25.1 Å². The summed E-state index contributed by atoms with van der Waals surface area (Å²) in [6.45, 7) is 6.64. The van der Waals surface area contributed by atoms with Crippen molar-refractivity contribution < 1.29 is 9.59 Å². The molecular weight excluding hydrogens is 342 g/mol. The van der Waals surface area contributed by atoms with Gasteiger partial charge in [-0.05, 0) is 44.0 Å². The van der Waals surface area contributed by atoms with Crippen LogP contribution in [0.15, 0.2) is 42.9 Å². The first-order valence-electron chi connectivity index (χ1n) is 9.48. The summed E-state index contributed by atoms with van der Waals surface area (Å²) in [6, 6.07) is 7.15. The largest absolute Gasteiger partial charge is 0.357 e. The van der Waals surface area contributed by atoms with Gasteiger partial charge in [0.25, 0.3) is 5.91 Å². The van der Waals surface area contributed by atoms with Crippen LogP contribution in [0.2, 0.25) is 0 Å². The van der Waals surface area contributed by atoms with Crippen molar-refractivity contribution in [2.24, 2.45) is 0 Å². The maximum atomic E-state index is 13.0. The number of carbonyl (C=O) groups is 2. The van der Waals surface area contributed by atoms with Gasteiger partial charge in [0.2, 0.25) is 5.91 Å². The van der Waals surface area contributed by atoms with Gasteiger partial charge in [0.1, 0.15) is 5.69 Å². The Labute approximate surface area is 159 Å². The minimum absolute atomic E-state index is 0.0676. The third-order valence-corrected chi connectivity index (χ3v) is 5.05. The number of likely N-dealkylation sites (tertiary alicyclic amines) is 1. The normalized spacial score (nSPS) is 19.8. The molecule has 1 fully saturated rings. The average molecular weight is 369 g/mol. The molecule has 2 unspecified atom stereocenters. The minimum atomic E-state index is -0.237. The van der Waals surface area contributed by atoms with E-state index in [-0.39, 0.29) is 23.9 Å². The van der Waals surface area contributed by atoms with Crippen LogP contribution in [0.5, 0.6) is 0 Å². The van der Waals surface area contributed by atoms with E-state index in [1.54, 1.807) is 24.5 Å². The van der Waals surface area contributed by atoms with E-state index in [1.807, 2.05) is 37.1 Å². The molecule has 7 nitrogen and oxygen atoms in total. The number of nitrogens with zero attached hydrogens (tertiary/aromatic N) is 3. The van der Waals surface area contributed by atoms with Crippen LogP contribution in [-0.2, 0) is 11.3 Å². The molecule has 1 saturated heterocycles. The molecule has 1 aliphatic rings. The van der Waals surface area contributed by atoms with Gasteiger partial charge >= 0.3 is 0 Å². The Morgan fingerprint density at radius 3 is 2.74 bits per heavy atom. The Kier molecular flexibility index (Phi) is 6.24. The fourth-order valence-electron chi connectivity index (χ4n) is 3.65. The quantitative estimate of drug-likeness (QED) is 0.778. The number of rotatable bonds is 7. The standard InChI is InChI=1S/C20H27N5O2/c1-3-24(4-2)20(27)18-11-16(23-19(26)17-8-6-10-22-17)14-25(18)13-15-7-5-9-21-12-15/h5-10,12,16,18,22H,3-4,11,13-14H2,1-2H3,(H,23,26). The maximum absolute atomic E-state index is 13.0. The lowest BCUT2D eigenvalue weighted by Gasteiger charge is -2.28. The van der Waals surface area contributed by atoms with Crippen LogP contribution in [0.4, 0.5) is 0 Å². The van der Waals surface area contributed by atoms with E-state index >= 15 is 0 Å². The Hall–Kier alpha value is -2.67. The molecule has 7 heteroatoms. The molecule has 2 aromatic heterocycles. The van der Waals surface area contributed by atoms with Gasteiger partial charge < -0.3 is 15.2 Å². The first kappa shape index (κ1) is 19.1. The van der Waals surface area contributed by atoms with Crippen LogP contribution in [0.25, 0.3) is 0 Å². The monoisotopic (exact) mass is 369 g/mol. The Morgan fingerprint density at radius 2 is 2.11 bits per heavy atom. The minimum Gasteiger partial charge on any atom is -0.357 e. The summed E-state index contributed by atoms with van der Waals surface area (Å²) >= 11 is 0. The van der Waals surface area contributed by atoms with Crippen molar-refractivity contribution in [2.75, 3.05) is 19.6 Å². The molecule has 2 amide bonds. The van der Waals surface area contributed by atoms with E-state index in [0.717, 1.165) is 5.56 Å². The molecular formula is C20H27N5O2. The van der Waals surface area contributed by atoms with Gasteiger partial charge in [0, 0.05) is 50.8 Å². The fourth-order valence-corrected chi connectivity index (χ4v) is 3.65. The van der Waals surface area contributed by atoms with Crippen LogP contribution in [0.1, 0.15) is 36.3 Å². The summed E-state index contributed by atoms with van der Waals surface area (Å²) in [7, 11) is 0. The Bertz CT molecular complexity index is 743. The van der Waals surface area contributed by atoms with Gasteiger partial charge in [-0.2, -0.15) is 0 Å². The number of likely N-dealkylation sites (N-methyl/N-ethyl adjacent to an activating group) is 1. The van der Waals surface area contributed by atoms with Crippen molar-refractivity contribution in [3.8, 4) is 0 Å². The number of hydrogen-bond acceptors (Lipinski definition) is 4. The summed E-state index contributed by atoms with van der Waals surface area (Å²) < 4.78 is 0. The van der Waals surface area contributed by atoms with Crippen molar-refractivity contribution in [2.45, 2.75) is 38.9 Å². The highest BCUT2D eigenvalue weighted by molar-refractivity contribution is 5.92. The predicted octanol–water partition coefficient (Wildman–Crippen LogP) is 1.65. The van der Waals surface area contributed by atoms with Crippen molar-refractivity contribution in [1.29, 1.82) is 0 Å². The lowest BCUT2D eigenvalue weighted by atomic mass is 10.1. The summed E-state index contributed by atoms with van der Waals surface area (Å²) in [5, 5.41) is 3.06. The van der Waals surface area contributed by atoms with Crippen LogP contribution >= 0.6 is 0 Å². The smallest absolute Gasteiger partial charge is 0.267 e. The fraction of sp³-hybridized carbons (Fsp3) is 0.450. The van der Waals surface area contributed by atoms with E-state index in [0.29, 0.717) is 38.3 Å². The van der Waals surface area contributed by atoms with E-state index < -0.39 is 0 Å². The van der Waals surface area contributed by atoms with Crippen LogP contribution < -0.4 is 5.32 Å². The number of H-pyrrole nitrogens is 1. The highest BCUT2D eigenvalue weighted by atomic mass is 16.2. The molecule has 0 radical (unpaired) electrons. The van der Waals surface area contributed by atoms with E-state index in [2.05, 4.69) is 20.2 Å². The second kappa shape index (κ2) is 8.81. The van der Waals surface area contributed by atoms with Crippen molar-refractivity contribution in [3.63, 3.8) is 0 Å². The number of hydrogen-bond donors (Lipinski definition) is 2. The maximum Gasteiger partial charge on any atom is 0.267 e. The summed E-state index contributed by atoms with van der Waals surface area (Å²) in [6.07, 6.45) is 5.90. The second-order valence-electron chi connectivity index (χ2n) is 6.81. The Balaban J connectivity index is 1.73. The number of pyridine rings is 1. The van der Waals surface area contributed by atoms with Crippen LogP contribution in [0.3, 0.4) is 0 Å². The van der Waals surface area contributed by atoms with Gasteiger partial charge in [-0.3, -0.25) is 19.5 Å². The van der Waals surface area contributed by atoms with Gasteiger partial charge in [-0.15, -0.1) is 0 Å². The highest BCUT2D eigenvalue weighted by Gasteiger charge is 2.39. The number of amides is 2. The third-order valence-electron chi connectivity index (χ3n) is 5.05. The molecule has 3 heterocycles. The molecule has 27 heavy (non-hydrogen) atoms. The Morgan fingerprint density at radius 1 is 1.30 bits per heavy atom. The third kappa shape index (κ3) is 4.54. The lowest BCUT2D eigenvalue weighted by molar-refractivity contribution is -0.135. The van der Waals surface area contributed by atoms with Gasteiger partial charge in [0.15, 0.2) is 0 Å². The molecule has 0 bridgehead atoms. The first-order chi connectivity index (χ1) is 13.1. The molecule has 0 spiro atoms. The molecule has 1 aliphatic heterocycles. The van der Waals surface area contributed by atoms with Crippen molar-refractivity contribution >= 4 is 11.8 Å². The predicted molar refractivity (Wildman–Crippen MR) is 103 cm³/mol. The number of aromatic nitrogens is 2. The molecule has 0 aromatic carbocycles. The SMILES string of the molecule is CCN(CC)C(=O)C1CC(NC(=O)c2ccc[nH]2)CN1Cc1cccnc1. The topological polar surface area (TPSA) is 81.3 Å². The second-order valence-corrected chi connectivity index (χ2v) is 6.81. The van der Waals surface area contributed by atoms with Crippen LogP contribution in [-0.4, -0.2) is 63.3 Å². The highest BCUT2D eigenvalue weighted by Crippen LogP contribution is 2.23.